The van der Waals surface area contributed by atoms with Crippen LogP contribution in [0.4, 0.5) is 17.1 Å². The molecule has 282 valence electrons. The van der Waals surface area contributed by atoms with Gasteiger partial charge in [-0.15, -0.1) is 0 Å². The van der Waals surface area contributed by atoms with E-state index < -0.39 is 0 Å². The summed E-state index contributed by atoms with van der Waals surface area (Å²) in [5.74, 6) is 0.880. The summed E-state index contributed by atoms with van der Waals surface area (Å²) >= 11 is 0. The van der Waals surface area contributed by atoms with E-state index in [0.29, 0.717) is 0 Å². The Balaban J connectivity index is 0.914. The van der Waals surface area contributed by atoms with Gasteiger partial charge in [-0.3, -0.25) is 0 Å². The minimum Gasteiger partial charge on any atom is -0.456 e. The van der Waals surface area contributed by atoms with Gasteiger partial charge in [0.1, 0.15) is 11.3 Å². The van der Waals surface area contributed by atoms with E-state index >= 15 is 0 Å². The van der Waals surface area contributed by atoms with Crippen LogP contribution >= 0.6 is 0 Å². The summed E-state index contributed by atoms with van der Waals surface area (Å²) in [7, 11) is 0. The maximum Gasteiger partial charge on any atom is 0.135 e. The van der Waals surface area contributed by atoms with Crippen molar-refractivity contribution < 1.29 is 4.42 Å². The number of furan rings is 1. The van der Waals surface area contributed by atoms with Crippen LogP contribution in [0.15, 0.2) is 241 Å². The molecule has 11 rings (SSSR count). The van der Waals surface area contributed by atoms with Crippen molar-refractivity contribution >= 4 is 49.6 Å². The van der Waals surface area contributed by atoms with Crippen molar-refractivity contribution in [2.75, 3.05) is 4.90 Å². The Morgan fingerprint density at radius 1 is 0.267 bits per heavy atom. The van der Waals surface area contributed by atoms with E-state index in [-0.39, 0.29) is 0 Å². The summed E-state index contributed by atoms with van der Waals surface area (Å²) in [6.07, 6.45) is 0. The largest absolute Gasteiger partial charge is 0.456 e. The minimum atomic E-state index is 0.880. The van der Waals surface area contributed by atoms with Crippen LogP contribution < -0.4 is 4.90 Å². The highest BCUT2D eigenvalue weighted by Gasteiger charge is 2.16. The Hall–Kier alpha value is -7.94. The number of nitrogens with zero attached hydrogens (tertiary/aromatic N) is 1. The summed E-state index contributed by atoms with van der Waals surface area (Å²) < 4.78 is 6.18. The summed E-state index contributed by atoms with van der Waals surface area (Å²) in [5, 5.41) is 6.18. The molecule has 0 unspecified atom stereocenters. The average molecular weight is 766 g/mol. The fourth-order valence-corrected chi connectivity index (χ4v) is 8.60. The predicted molar refractivity (Wildman–Crippen MR) is 253 cm³/mol. The third-order valence-corrected chi connectivity index (χ3v) is 11.7. The highest BCUT2D eigenvalue weighted by atomic mass is 16.3. The molecular weight excluding hydrogens is 727 g/mol. The number of fused-ring (bicyclic) bond motifs is 4. The quantitative estimate of drug-likeness (QED) is 0.143. The second-order valence-electron chi connectivity index (χ2n) is 15.3. The van der Waals surface area contributed by atoms with Crippen LogP contribution in [-0.4, -0.2) is 0 Å². The molecule has 0 fully saturated rings. The van der Waals surface area contributed by atoms with Gasteiger partial charge in [0.05, 0.1) is 0 Å². The third kappa shape index (κ3) is 6.61. The van der Waals surface area contributed by atoms with E-state index in [1.54, 1.807) is 0 Å². The molecule has 0 atom stereocenters. The Bertz CT molecular complexity index is 3240. The Labute approximate surface area is 349 Å². The van der Waals surface area contributed by atoms with Crippen LogP contribution in [-0.2, 0) is 0 Å². The summed E-state index contributed by atoms with van der Waals surface area (Å²) in [6, 6.07) is 84.8. The normalized spacial score (nSPS) is 11.3. The van der Waals surface area contributed by atoms with Crippen molar-refractivity contribution in [2.45, 2.75) is 0 Å². The molecule has 0 aliphatic heterocycles. The minimum absolute atomic E-state index is 0.880. The number of hydrogen-bond donors (Lipinski definition) is 0. The summed E-state index contributed by atoms with van der Waals surface area (Å²) in [6.45, 7) is 0. The van der Waals surface area contributed by atoms with Crippen LogP contribution in [0.5, 0.6) is 0 Å². The molecule has 2 nitrogen and oxygen atoms in total. The van der Waals surface area contributed by atoms with E-state index in [2.05, 4.69) is 223 Å². The molecule has 1 heterocycles. The third-order valence-electron chi connectivity index (χ3n) is 11.7. The molecule has 2 heteroatoms. The Morgan fingerprint density at radius 3 is 1.35 bits per heavy atom. The van der Waals surface area contributed by atoms with Gasteiger partial charge < -0.3 is 9.32 Å². The van der Waals surface area contributed by atoms with Crippen molar-refractivity contribution in [1.29, 1.82) is 0 Å². The maximum absolute atomic E-state index is 6.18. The van der Waals surface area contributed by atoms with E-state index in [0.717, 1.165) is 44.9 Å². The van der Waals surface area contributed by atoms with Crippen LogP contribution in [0.3, 0.4) is 0 Å². The lowest BCUT2D eigenvalue weighted by atomic mass is 9.93. The highest BCUT2D eigenvalue weighted by Crippen LogP contribution is 2.40. The number of rotatable bonds is 8. The van der Waals surface area contributed by atoms with Crippen molar-refractivity contribution in [3.63, 3.8) is 0 Å². The smallest absolute Gasteiger partial charge is 0.135 e. The molecule has 1 aromatic heterocycles. The molecule has 0 amide bonds. The molecule has 0 radical (unpaired) electrons. The first-order valence-electron chi connectivity index (χ1n) is 20.5. The number of para-hydroxylation sites is 1. The summed E-state index contributed by atoms with van der Waals surface area (Å²) in [4.78, 5) is 2.35. The van der Waals surface area contributed by atoms with Crippen LogP contribution in [0.1, 0.15) is 0 Å². The zero-order chi connectivity index (χ0) is 39.8. The van der Waals surface area contributed by atoms with Crippen molar-refractivity contribution in [2.24, 2.45) is 0 Å². The molecule has 0 aliphatic carbocycles. The molecule has 10 aromatic carbocycles. The topological polar surface area (TPSA) is 16.4 Å². The van der Waals surface area contributed by atoms with E-state index in [1.807, 2.05) is 18.2 Å². The molecule has 11 aromatic rings. The van der Waals surface area contributed by atoms with Gasteiger partial charge in [0.15, 0.2) is 0 Å². The fourth-order valence-electron chi connectivity index (χ4n) is 8.60. The molecule has 60 heavy (non-hydrogen) atoms. The van der Waals surface area contributed by atoms with Gasteiger partial charge in [-0.05, 0) is 127 Å². The molecular formula is C58H39NO. The molecule has 0 saturated heterocycles. The average Bonchev–Trinajstić information content (AvgIpc) is 3.77. The zero-order valence-electron chi connectivity index (χ0n) is 32.9. The lowest BCUT2D eigenvalue weighted by molar-refractivity contribution is 0.631. The monoisotopic (exact) mass is 765 g/mol. The Morgan fingerprint density at radius 2 is 0.717 bits per heavy atom. The van der Waals surface area contributed by atoms with Crippen LogP contribution in [0.25, 0.3) is 88.3 Å². The first-order chi connectivity index (χ1) is 29.7. The first-order valence-corrected chi connectivity index (χ1v) is 20.5. The van der Waals surface area contributed by atoms with Gasteiger partial charge in [0, 0.05) is 28.0 Å². The van der Waals surface area contributed by atoms with Gasteiger partial charge in [0.2, 0.25) is 0 Å². The zero-order valence-corrected chi connectivity index (χ0v) is 32.9. The SMILES string of the molecule is c1ccc(-c2ccc(N(c3ccc(-c4ccc(-c5cccc(-c6cc7ccccc7o6)c5)cc4)cc3)c3ccc(-c4cc5ccccc5c5ccccc45)cc3)cc2)cc1. The second-order valence-corrected chi connectivity index (χ2v) is 15.3. The van der Waals surface area contributed by atoms with E-state index in [4.69, 9.17) is 4.42 Å². The van der Waals surface area contributed by atoms with Crippen molar-refractivity contribution in [1.82, 2.24) is 0 Å². The predicted octanol–water partition coefficient (Wildman–Crippen LogP) is 16.5. The van der Waals surface area contributed by atoms with Gasteiger partial charge in [0.25, 0.3) is 0 Å². The van der Waals surface area contributed by atoms with Gasteiger partial charge in [-0.2, -0.15) is 0 Å². The molecule has 0 aliphatic rings. The van der Waals surface area contributed by atoms with Crippen LogP contribution in [0.2, 0.25) is 0 Å². The Kier molecular flexibility index (Phi) is 8.87. The standard InChI is InChI=1S/C58H39NO/c1-2-11-40(12-3-1)42-25-31-50(32-26-42)59(52-35-29-45(30-36-52)56-38-47-13-4-6-17-53(47)54-18-7-8-19-55(54)56)51-33-27-43(28-34-51)41-21-23-44(24-22-41)46-15-10-16-48(37-46)58-39-49-14-5-9-20-57(49)60-58/h1-39H. The molecule has 0 saturated carbocycles. The van der Waals surface area contributed by atoms with E-state index in [9.17, 15) is 0 Å². The number of hydrogen-bond acceptors (Lipinski definition) is 2. The van der Waals surface area contributed by atoms with Crippen molar-refractivity contribution in [3.8, 4) is 55.8 Å². The van der Waals surface area contributed by atoms with Crippen LogP contribution in [0, 0.1) is 0 Å². The number of benzene rings is 10. The lowest BCUT2D eigenvalue weighted by Gasteiger charge is -2.26. The fraction of sp³-hybridized carbons (Fsp3) is 0. The van der Waals surface area contributed by atoms with E-state index in [1.165, 1.54) is 60.5 Å². The van der Waals surface area contributed by atoms with Gasteiger partial charge in [-0.1, -0.05) is 176 Å². The van der Waals surface area contributed by atoms with Crippen molar-refractivity contribution in [3.05, 3.63) is 237 Å². The molecule has 0 spiro atoms. The van der Waals surface area contributed by atoms with Gasteiger partial charge >= 0.3 is 0 Å². The summed E-state index contributed by atoms with van der Waals surface area (Å²) in [5.41, 5.74) is 14.7. The first kappa shape index (κ1) is 35.2. The second kappa shape index (κ2) is 15.1. The number of anilines is 3. The maximum atomic E-state index is 6.18. The van der Waals surface area contributed by atoms with Gasteiger partial charge in [-0.25, -0.2) is 0 Å². The molecule has 0 bridgehead atoms. The lowest BCUT2D eigenvalue weighted by Crippen LogP contribution is -2.09. The molecule has 0 N–H and O–H groups in total. The highest BCUT2D eigenvalue weighted by molar-refractivity contribution is 6.13.